The van der Waals surface area contributed by atoms with Crippen molar-refractivity contribution in [1.82, 2.24) is 0 Å². The van der Waals surface area contributed by atoms with Crippen molar-refractivity contribution in [2.75, 3.05) is 13.4 Å². The highest BCUT2D eigenvalue weighted by Crippen LogP contribution is 2.26. The van der Waals surface area contributed by atoms with Crippen molar-refractivity contribution in [1.29, 1.82) is 0 Å². The first-order chi connectivity index (χ1) is 8.18. The number of hydrogen-bond donors (Lipinski definition) is 1. The zero-order chi connectivity index (χ0) is 14.1. The normalized spacial score (nSPS) is 11.1. The molecule has 1 N–H and O–H groups in total. The van der Waals surface area contributed by atoms with Gasteiger partial charge in [-0.25, -0.2) is 13.2 Å². The highest BCUT2D eigenvalue weighted by molar-refractivity contribution is 7.90. The first-order valence-corrected chi connectivity index (χ1v) is 6.74. The Morgan fingerprint density at radius 3 is 2.22 bits per heavy atom. The van der Waals surface area contributed by atoms with Crippen LogP contribution >= 0.6 is 0 Å². The summed E-state index contributed by atoms with van der Waals surface area (Å²) in [6.07, 6.45) is 0.910. The summed E-state index contributed by atoms with van der Waals surface area (Å²) < 4.78 is 28.0. The second-order valence-electron chi connectivity index (χ2n) is 3.72. The van der Waals surface area contributed by atoms with Gasteiger partial charge in [-0.3, -0.25) is 4.79 Å². The van der Waals surface area contributed by atoms with E-state index in [2.05, 4.69) is 0 Å². The Bertz CT molecular complexity index is 615. The molecule has 1 aromatic carbocycles. The van der Waals surface area contributed by atoms with E-state index in [4.69, 9.17) is 9.84 Å². The van der Waals surface area contributed by atoms with E-state index in [0.29, 0.717) is 5.56 Å². The first kappa shape index (κ1) is 14.2. The molecule has 0 aliphatic carbocycles. The summed E-state index contributed by atoms with van der Waals surface area (Å²) in [5.74, 6) is -2.74. The van der Waals surface area contributed by atoms with E-state index in [1.54, 1.807) is 6.92 Å². The predicted molar refractivity (Wildman–Crippen MR) is 62.8 cm³/mol. The Kier molecular flexibility index (Phi) is 3.76. The standard InChI is InChI=1S/C11H12O6S/c1-6-4-9(18(3,15)16)7(5-8(6)17-2)10(12)11(13)14/h4-5H,1-3H3,(H,13,14). The summed E-state index contributed by atoms with van der Waals surface area (Å²) in [6.45, 7) is 1.60. The van der Waals surface area contributed by atoms with E-state index in [-0.39, 0.29) is 10.6 Å². The summed E-state index contributed by atoms with van der Waals surface area (Å²) in [4.78, 5) is 21.8. The van der Waals surface area contributed by atoms with Crippen LogP contribution in [0, 0.1) is 6.92 Å². The average Bonchev–Trinajstić information content (AvgIpc) is 2.26. The van der Waals surface area contributed by atoms with Crippen LogP contribution in [-0.2, 0) is 14.6 Å². The van der Waals surface area contributed by atoms with Gasteiger partial charge in [-0.05, 0) is 24.6 Å². The second-order valence-corrected chi connectivity index (χ2v) is 5.71. The molecule has 6 nitrogen and oxygen atoms in total. The number of rotatable bonds is 4. The molecule has 1 rings (SSSR count). The van der Waals surface area contributed by atoms with Crippen molar-refractivity contribution >= 4 is 21.6 Å². The fraction of sp³-hybridized carbons (Fsp3) is 0.273. The Hall–Kier alpha value is -1.89. The van der Waals surface area contributed by atoms with Gasteiger partial charge in [-0.2, -0.15) is 0 Å². The topological polar surface area (TPSA) is 97.7 Å². The van der Waals surface area contributed by atoms with Gasteiger partial charge in [-0.15, -0.1) is 0 Å². The molecule has 0 saturated heterocycles. The van der Waals surface area contributed by atoms with E-state index in [0.717, 1.165) is 12.3 Å². The molecule has 0 aliphatic heterocycles. The summed E-state index contributed by atoms with van der Waals surface area (Å²) in [5.41, 5.74) is 0.104. The molecule has 0 fully saturated rings. The molecular formula is C11H12O6S. The molecule has 98 valence electrons. The number of carbonyl (C=O) groups excluding carboxylic acids is 1. The Labute approximate surface area is 104 Å². The molecule has 0 saturated carbocycles. The third-order valence-corrected chi connectivity index (χ3v) is 3.47. The largest absolute Gasteiger partial charge is 0.496 e. The van der Waals surface area contributed by atoms with Crippen LogP contribution < -0.4 is 4.74 Å². The zero-order valence-corrected chi connectivity index (χ0v) is 10.9. The molecule has 0 spiro atoms. The maximum atomic E-state index is 11.5. The minimum Gasteiger partial charge on any atom is -0.496 e. The van der Waals surface area contributed by atoms with Gasteiger partial charge < -0.3 is 9.84 Å². The van der Waals surface area contributed by atoms with Crippen LogP contribution in [0.4, 0.5) is 0 Å². The molecule has 0 radical (unpaired) electrons. The fourth-order valence-electron chi connectivity index (χ4n) is 1.48. The quantitative estimate of drug-likeness (QED) is 0.639. The third-order valence-electron chi connectivity index (χ3n) is 2.34. The number of carboxylic acids is 1. The number of aryl methyl sites for hydroxylation is 1. The number of aliphatic carboxylic acids is 1. The number of ether oxygens (including phenoxy) is 1. The van der Waals surface area contributed by atoms with Gasteiger partial charge in [0.2, 0.25) is 0 Å². The summed E-state index contributed by atoms with van der Waals surface area (Å²) in [7, 11) is -2.35. The van der Waals surface area contributed by atoms with Crippen molar-refractivity contribution in [3.63, 3.8) is 0 Å². The van der Waals surface area contributed by atoms with Crippen LogP contribution in [0.1, 0.15) is 15.9 Å². The van der Waals surface area contributed by atoms with Gasteiger partial charge in [0.25, 0.3) is 5.78 Å². The lowest BCUT2D eigenvalue weighted by Crippen LogP contribution is -2.17. The molecule has 0 amide bonds. The van der Waals surface area contributed by atoms with E-state index in [9.17, 15) is 18.0 Å². The van der Waals surface area contributed by atoms with E-state index < -0.39 is 27.2 Å². The minimum atomic E-state index is -3.70. The number of carbonyl (C=O) groups is 2. The fourth-order valence-corrected chi connectivity index (χ4v) is 2.42. The van der Waals surface area contributed by atoms with Gasteiger partial charge in [0.05, 0.1) is 17.6 Å². The van der Waals surface area contributed by atoms with Crippen molar-refractivity contribution in [2.45, 2.75) is 11.8 Å². The van der Waals surface area contributed by atoms with Gasteiger partial charge in [-0.1, -0.05) is 0 Å². The molecule has 0 heterocycles. The monoisotopic (exact) mass is 272 g/mol. The lowest BCUT2D eigenvalue weighted by Gasteiger charge is -2.10. The van der Waals surface area contributed by atoms with Gasteiger partial charge in [0, 0.05) is 6.26 Å². The van der Waals surface area contributed by atoms with Crippen LogP contribution in [0.25, 0.3) is 0 Å². The predicted octanol–water partition coefficient (Wildman–Crippen LogP) is 0.674. The van der Waals surface area contributed by atoms with E-state index >= 15 is 0 Å². The van der Waals surface area contributed by atoms with E-state index in [1.807, 2.05) is 0 Å². The molecular weight excluding hydrogens is 260 g/mol. The lowest BCUT2D eigenvalue weighted by molar-refractivity contribution is -0.131. The highest BCUT2D eigenvalue weighted by atomic mass is 32.2. The van der Waals surface area contributed by atoms with E-state index in [1.165, 1.54) is 13.2 Å². The number of ketones is 1. The number of carboxylic acid groups (broad SMARTS) is 1. The Morgan fingerprint density at radius 1 is 1.28 bits per heavy atom. The molecule has 18 heavy (non-hydrogen) atoms. The number of methoxy groups -OCH3 is 1. The average molecular weight is 272 g/mol. The van der Waals surface area contributed by atoms with Gasteiger partial charge >= 0.3 is 5.97 Å². The molecule has 0 bridgehead atoms. The van der Waals surface area contributed by atoms with Crippen LogP contribution in [-0.4, -0.2) is 38.6 Å². The second kappa shape index (κ2) is 4.77. The number of Topliss-reactive ketones (excluding diaryl/α,β-unsaturated/α-hetero) is 1. The summed E-state index contributed by atoms with van der Waals surface area (Å²) >= 11 is 0. The molecule has 0 aromatic heterocycles. The number of sulfone groups is 1. The Morgan fingerprint density at radius 2 is 1.83 bits per heavy atom. The first-order valence-electron chi connectivity index (χ1n) is 4.84. The van der Waals surface area contributed by atoms with Crippen LogP contribution in [0.15, 0.2) is 17.0 Å². The minimum absolute atomic E-state index is 0.256. The van der Waals surface area contributed by atoms with Gasteiger partial charge in [0.1, 0.15) is 5.75 Å². The van der Waals surface area contributed by atoms with Crippen LogP contribution in [0.5, 0.6) is 5.75 Å². The Balaban J connectivity index is 3.65. The molecule has 1 aromatic rings. The summed E-state index contributed by atoms with van der Waals surface area (Å²) in [5, 5.41) is 8.67. The molecule has 0 atom stereocenters. The van der Waals surface area contributed by atoms with Gasteiger partial charge in [0.15, 0.2) is 9.84 Å². The smallest absolute Gasteiger partial charge is 0.377 e. The highest BCUT2D eigenvalue weighted by Gasteiger charge is 2.25. The maximum absolute atomic E-state index is 11.5. The summed E-state index contributed by atoms with van der Waals surface area (Å²) in [6, 6.07) is 2.35. The van der Waals surface area contributed by atoms with Crippen molar-refractivity contribution in [3.05, 3.63) is 23.3 Å². The third kappa shape index (κ3) is 2.67. The lowest BCUT2D eigenvalue weighted by atomic mass is 10.1. The van der Waals surface area contributed by atoms with Crippen molar-refractivity contribution in [2.24, 2.45) is 0 Å². The zero-order valence-electron chi connectivity index (χ0n) is 10.1. The van der Waals surface area contributed by atoms with Crippen molar-refractivity contribution < 1.29 is 27.9 Å². The number of benzene rings is 1. The number of hydrogen-bond acceptors (Lipinski definition) is 5. The maximum Gasteiger partial charge on any atom is 0.377 e. The molecule has 0 unspecified atom stereocenters. The molecule has 7 heteroatoms. The van der Waals surface area contributed by atoms with Crippen LogP contribution in [0.2, 0.25) is 0 Å². The molecule has 0 aliphatic rings. The van der Waals surface area contributed by atoms with Crippen LogP contribution in [0.3, 0.4) is 0 Å². The van der Waals surface area contributed by atoms with Crippen molar-refractivity contribution in [3.8, 4) is 5.75 Å². The SMILES string of the molecule is COc1cc(C(=O)C(=O)O)c(S(C)(=O)=O)cc1C.